The fourth-order valence-corrected chi connectivity index (χ4v) is 2.06. The van der Waals surface area contributed by atoms with E-state index in [-0.39, 0.29) is 4.99 Å². The van der Waals surface area contributed by atoms with E-state index in [1.54, 1.807) is 12.3 Å². The van der Waals surface area contributed by atoms with Crippen LogP contribution >= 0.6 is 12.2 Å². The first kappa shape index (κ1) is 14.3. The summed E-state index contributed by atoms with van der Waals surface area (Å²) < 4.78 is 11.2. The van der Waals surface area contributed by atoms with Crippen molar-refractivity contribution in [3.63, 3.8) is 0 Å². The lowest BCUT2D eigenvalue weighted by Crippen LogP contribution is -2.13. The van der Waals surface area contributed by atoms with E-state index in [1.807, 2.05) is 38.1 Å². The van der Waals surface area contributed by atoms with Gasteiger partial charge in [-0.2, -0.15) is 0 Å². The highest BCUT2D eigenvalue weighted by molar-refractivity contribution is 7.80. The van der Waals surface area contributed by atoms with Crippen molar-refractivity contribution in [2.24, 2.45) is 5.73 Å². The van der Waals surface area contributed by atoms with Crippen molar-refractivity contribution >= 4 is 17.2 Å². The average Bonchev–Trinajstić information content (AvgIpc) is 2.39. The number of nitrogens with two attached hydrogens (primary N) is 1. The molecule has 0 unspecified atom stereocenters. The predicted octanol–water partition coefficient (Wildman–Crippen LogP) is 3.22. The molecule has 0 bridgehead atoms. The Morgan fingerprint density at radius 3 is 2.75 bits per heavy atom. The Bertz CT molecular complexity index is 629. The number of benzene rings is 1. The summed E-state index contributed by atoms with van der Waals surface area (Å²) in [5.41, 5.74) is 7.32. The summed E-state index contributed by atoms with van der Waals surface area (Å²) in [5.74, 6) is 1.78. The van der Waals surface area contributed by atoms with Crippen molar-refractivity contribution in [1.82, 2.24) is 4.98 Å². The first-order chi connectivity index (χ1) is 9.61. The van der Waals surface area contributed by atoms with Gasteiger partial charge in [0.1, 0.15) is 16.5 Å². The normalized spacial score (nSPS) is 10.1. The van der Waals surface area contributed by atoms with Crippen molar-refractivity contribution in [1.29, 1.82) is 0 Å². The average molecular weight is 288 g/mol. The summed E-state index contributed by atoms with van der Waals surface area (Å²) in [5, 5.41) is 0. The zero-order valence-corrected chi connectivity index (χ0v) is 12.2. The second kappa shape index (κ2) is 6.34. The molecule has 0 saturated heterocycles. The molecule has 0 saturated carbocycles. The van der Waals surface area contributed by atoms with E-state index < -0.39 is 0 Å². The van der Waals surface area contributed by atoms with Gasteiger partial charge in [-0.25, -0.2) is 4.98 Å². The maximum absolute atomic E-state index is 5.78. The van der Waals surface area contributed by atoms with Crippen LogP contribution in [0.25, 0.3) is 0 Å². The Morgan fingerprint density at radius 2 is 2.05 bits per heavy atom. The van der Waals surface area contributed by atoms with Gasteiger partial charge in [0, 0.05) is 12.3 Å². The highest BCUT2D eigenvalue weighted by Gasteiger charge is 2.12. The molecule has 1 aromatic heterocycles. The number of hydrogen-bond acceptors (Lipinski definition) is 4. The van der Waals surface area contributed by atoms with Crippen LogP contribution in [0.5, 0.6) is 17.4 Å². The van der Waals surface area contributed by atoms with Gasteiger partial charge in [-0.1, -0.05) is 18.3 Å². The Labute approximate surface area is 123 Å². The molecule has 1 aromatic carbocycles. The van der Waals surface area contributed by atoms with Crippen LogP contribution in [-0.4, -0.2) is 16.6 Å². The molecule has 0 amide bonds. The molecule has 1 heterocycles. The SMILES string of the molecule is CCOc1cccc(Oc2nccc(C)c2C(N)=S)c1. The molecular weight excluding hydrogens is 272 g/mol. The molecule has 0 spiro atoms. The summed E-state index contributed by atoms with van der Waals surface area (Å²) in [7, 11) is 0. The Hall–Kier alpha value is -2.14. The number of hydrogen-bond donors (Lipinski definition) is 1. The number of aromatic nitrogens is 1. The Balaban J connectivity index is 2.32. The second-order valence-corrected chi connectivity index (χ2v) is 4.62. The van der Waals surface area contributed by atoms with Crippen LogP contribution in [0.2, 0.25) is 0 Å². The van der Waals surface area contributed by atoms with Gasteiger partial charge in [0.25, 0.3) is 0 Å². The lowest BCUT2D eigenvalue weighted by molar-refractivity contribution is 0.338. The molecule has 4 nitrogen and oxygen atoms in total. The number of thiocarbonyl (C=S) groups is 1. The Kier molecular flexibility index (Phi) is 4.53. The van der Waals surface area contributed by atoms with Gasteiger partial charge in [0.15, 0.2) is 0 Å². The van der Waals surface area contributed by atoms with Crippen LogP contribution in [0.1, 0.15) is 18.1 Å². The lowest BCUT2D eigenvalue weighted by Gasteiger charge is -2.12. The zero-order chi connectivity index (χ0) is 14.5. The van der Waals surface area contributed by atoms with Crippen molar-refractivity contribution in [2.75, 3.05) is 6.61 Å². The topological polar surface area (TPSA) is 57.4 Å². The van der Waals surface area contributed by atoms with Crippen LogP contribution in [-0.2, 0) is 0 Å². The van der Waals surface area contributed by atoms with E-state index in [2.05, 4.69) is 4.98 Å². The summed E-state index contributed by atoms with van der Waals surface area (Å²) >= 11 is 5.05. The summed E-state index contributed by atoms with van der Waals surface area (Å²) in [6, 6.07) is 9.20. The predicted molar refractivity (Wildman–Crippen MR) is 82.5 cm³/mol. The number of nitrogens with zero attached hydrogens (tertiary/aromatic N) is 1. The molecular formula is C15H16N2O2S. The molecule has 2 aromatic rings. The third kappa shape index (κ3) is 3.24. The van der Waals surface area contributed by atoms with Crippen LogP contribution in [0.3, 0.4) is 0 Å². The largest absolute Gasteiger partial charge is 0.494 e. The van der Waals surface area contributed by atoms with Crippen LogP contribution < -0.4 is 15.2 Å². The van der Waals surface area contributed by atoms with Crippen molar-refractivity contribution in [3.05, 3.63) is 47.7 Å². The third-order valence-corrected chi connectivity index (χ3v) is 2.91. The minimum atomic E-state index is 0.270. The Morgan fingerprint density at radius 1 is 1.30 bits per heavy atom. The minimum absolute atomic E-state index is 0.270. The van der Waals surface area contributed by atoms with Gasteiger partial charge in [0.2, 0.25) is 5.88 Å². The second-order valence-electron chi connectivity index (χ2n) is 4.18. The van der Waals surface area contributed by atoms with Gasteiger partial charge >= 0.3 is 0 Å². The van der Waals surface area contributed by atoms with E-state index in [4.69, 9.17) is 27.4 Å². The molecule has 0 aliphatic rings. The van der Waals surface area contributed by atoms with Crippen LogP contribution in [0.15, 0.2) is 36.5 Å². The van der Waals surface area contributed by atoms with E-state index in [0.717, 1.165) is 11.3 Å². The van der Waals surface area contributed by atoms with Crippen LogP contribution in [0.4, 0.5) is 0 Å². The van der Waals surface area contributed by atoms with Gasteiger partial charge in [-0.15, -0.1) is 0 Å². The van der Waals surface area contributed by atoms with Crippen molar-refractivity contribution in [3.8, 4) is 17.4 Å². The maximum Gasteiger partial charge on any atom is 0.229 e. The van der Waals surface area contributed by atoms with Crippen molar-refractivity contribution in [2.45, 2.75) is 13.8 Å². The van der Waals surface area contributed by atoms with E-state index in [1.165, 1.54) is 0 Å². The molecule has 0 atom stereocenters. The fraction of sp³-hybridized carbons (Fsp3) is 0.200. The third-order valence-electron chi connectivity index (χ3n) is 2.70. The highest BCUT2D eigenvalue weighted by atomic mass is 32.1. The van der Waals surface area contributed by atoms with Crippen molar-refractivity contribution < 1.29 is 9.47 Å². The molecule has 0 radical (unpaired) electrons. The minimum Gasteiger partial charge on any atom is -0.494 e. The summed E-state index contributed by atoms with van der Waals surface area (Å²) in [6.45, 7) is 4.45. The highest BCUT2D eigenvalue weighted by Crippen LogP contribution is 2.27. The van der Waals surface area contributed by atoms with Gasteiger partial charge in [-0.3, -0.25) is 0 Å². The number of aryl methyl sites for hydroxylation is 1. The molecule has 20 heavy (non-hydrogen) atoms. The lowest BCUT2D eigenvalue weighted by atomic mass is 10.1. The number of rotatable bonds is 5. The molecule has 5 heteroatoms. The molecule has 2 N–H and O–H groups in total. The zero-order valence-electron chi connectivity index (χ0n) is 11.4. The van der Waals surface area contributed by atoms with E-state index in [9.17, 15) is 0 Å². The fourth-order valence-electron chi connectivity index (χ4n) is 1.82. The number of pyridine rings is 1. The standard InChI is InChI=1S/C15H16N2O2S/c1-3-18-11-5-4-6-12(9-11)19-15-13(14(16)20)10(2)7-8-17-15/h4-9H,3H2,1-2H3,(H2,16,20). The van der Waals surface area contributed by atoms with Gasteiger partial charge < -0.3 is 15.2 Å². The number of ether oxygens (including phenoxy) is 2. The maximum atomic E-state index is 5.78. The van der Waals surface area contributed by atoms with E-state index in [0.29, 0.717) is 23.8 Å². The first-order valence-electron chi connectivity index (χ1n) is 6.28. The summed E-state index contributed by atoms with van der Waals surface area (Å²) in [6.07, 6.45) is 1.67. The molecule has 2 rings (SSSR count). The van der Waals surface area contributed by atoms with Crippen LogP contribution in [0, 0.1) is 6.92 Å². The molecule has 0 aliphatic carbocycles. The molecule has 104 valence electrons. The quantitative estimate of drug-likeness (QED) is 0.856. The van der Waals surface area contributed by atoms with E-state index >= 15 is 0 Å². The van der Waals surface area contributed by atoms with Gasteiger partial charge in [0.05, 0.1) is 12.2 Å². The first-order valence-corrected chi connectivity index (χ1v) is 6.68. The molecule has 0 aliphatic heterocycles. The monoisotopic (exact) mass is 288 g/mol. The smallest absolute Gasteiger partial charge is 0.229 e. The molecule has 0 fully saturated rings. The summed E-state index contributed by atoms with van der Waals surface area (Å²) in [4.78, 5) is 4.47. The van der Waals surface area contributed by atoms with Gasteiger partial charge in [-0.05, 0) is 37.6 Å².